The van der Waals surface area contributed by atoms with Crippen LogP contribution in [0.15, 0.2) is 18.3 Å². The number of aromatic nitrogens is 1. The van der Waals surface area contributed by atoms with Gasteiger partial charge in [0.1, 0.15) is 6.10 Å². The Bertz CT molecular complexity index is 279. The molecule has 78 valence electrons. The predicted octanol–water partition coefficient (Wildman–Crippen LogP) is 0.843. The second-order valence-electron chi connectivity index (χ2n) is 3.01. The summed E-state index contributed by atoms with van der Waals surface area (Å²) in [6.07, 6.45) is 0.186. The molecule has 0 fully saturated rings. The van der Waals surface area contributed by atoms with Crippen LogP contribution in [-0.2, 0) is 0 Å². The highest BCUT2D eigenvalue weighted by Gasteiger charge is 2.18. The summed E-state index contributed by atoms with van der Waals surface area (Å²) >= 11 is 3.19. The molecule has 1 aromatic rings. The molecule has 0 aliphatic heterocycles. The molecule has 0 saturated carbocycles. The molecule has 1 heterocycles. The monoisotopic (exact) mass is 260 g/mol. The Balaban J connectivity index is 2.68. The maximum absolute atomic E-state index is 9.64. The third-order valence-electron chi connectivity index (χ3n) is 1.88. The number of rotatable bonds is 4. The van der Waals surface area contributed by atoms with Gasteiger partial charge in [-0.1, -0.05) is 15.9 Å². The van der Waals surface area contributed by atoms with Gasteiger partial charge < -0.3 is 15.9 Å². The van der Waals surface area contributed by atoms with Gasteiger partial charge in [-0.15, -0.1) is 0 Å². The molecule has 2 atom stereocenters. The first-order chi connectivity index (χ1) is 6.65. The fourth-order valence-electron chi connectivity index (χ4n) is 1.06. The zero-order valence-electron chi connectivity index (χ0n) is 7.60. The number of pyridine rings is 1. The van der Waals surface area contributed by atoms with E-state index < -0.39 is 12.2 Å². The summed E-state index contributed by atoms with van der Waals surface area (Å²) in [6.45, 7) is 0. The fraction of sp³-hybridized carbons (Fsp3) is 0.444. The van der Waals surface area contributed by atoms with E-state index in [4.69, 9.17) is 5.73 Å². The van der Waals surface area contributed by atoms with E-state index in [1.165, 1.54) is 6.20 Å². The smallest absolute Gasteiger partial charge is 0.122 e. The third kappa shape index (κ3) is 2.94. The Labute approximate surface area is 90.9 Å². The molecule has 0 aliphatic carbocycles. The number of nitrogens with zero attached hydrogens (tertiary/aromatic N) is 1. The maximum atomic E-state index is 9.64. The third-order valence-corrected chi connectivity index (χ3v) is 2.34. The van der Waals surface area contributed by atoms with Crippen LogP contribution in [0.25, 0.3) is 0 Å². The van der Waals surface area contributed by atoms with Crippen LogP contribution in [0.3, 0.4) is 0 Å². The number of alkyl halides is 1. The lowest BCUT2D eigenvalue weighted by Crippen LogP contribution is -2.19. The van der Waals surface area contributed by atoms with E-state index >= 15 is 0 Å². The summed E-state index contributed by atoms with van der Waals surface area (Å²) in [5.74, 6) is 0. The van der Waals surface area contributed by atoms with E-state index in [2.05, 4.69) is 20.9 Å². The molecule has 0 aromatic carbocycles. The van der Waals surface area contributed by atoms with Crippen molar-refractivity contribution >= 4 is 21.6 Å². The molecule has 14 heavy (non-hydrogen) atoms. The Morgan fingerprint density at radius 1 is 1.43 bits per heavy atom. The average molecular weight is 261 g/mol. The van der Waals surface area contributed by atoms with Crippen LogP contribution in [0.4, 0.5) is 5.69 Å². The van der Waals surface area contributed by atoms with Crippen molar-refractivity contribution in [1.29, 1.82) is 0 Å². The lowest BCUT2D eigenvalue weighted by atomic mass is 10.1. The van der Waals surface area contributed by atoms with E-state index in [-0.39, 0.29) is 0 Å². The molecule has 0 spiro atoms. The number of aliphatic hydroxyl groups is 2. The quantitative estimate of drug-likeness (QED) is 0.702. The zero-order chi connectivity index (χ0) is 10.6. The van der Waals surface area contributed by atoms with Gasteiger partial charge in [0, 0.05) is 5.33 Å². The van der Waals surface area contributed by atoms with Crippen molar-refractivity contribution in [3.8, 4) is 0 Å². The zero-order valence-corrected chi connectivity index (χ0v) is 9.18. The molecule has 0 aliphatic rings. The van der Waals surface area contributed by atoms with Gasteiger partial charge in [0.2, 0.25) is 0 Å². The number of aliphatic hydroxyl groups excluding tert-OH is 2. The minimum absolute atomic E-state index is 0.438. The minimum Gasteiger partial charge on any atom is -0.397 e. The molecule has 1 rings (SSSR count). The van der Waals surface area contributed by atoms with Crippen LogP contribution in [0.1, 0.15) is 18.2 Å². The van der Waals surface area contributed by atoms with Crippen LogP contribution in [0, 0.1) is 0 Å². The molecule has 0 saturated heterocycles. The van der Waals surface area contributed by atoms with Crippen LogP contribution < -0.4 is 5.73 Å². The predicted molar refractivity (Wildman–Crippen MR) is 58.0 cm³/mol. The van der Waals surface area contributed by atoms with Crippen LogP contribution in [0.5, 0.6) is 0 Å². The fourth-order valence-corrected chi connectivity index (χ4v) is 1.53. The number of hydrogen-bond acceptors (Lipinski definition) is 4. The van der Waals surface area contributed by atoms with Crippen molar-refractivity contribution in [2.75, 3.05) is 11.1 Å². The topological polar surface area (TPSA) is 79.4 Å². The van der Waals surface area contributed by atoms with Crippen molar-refractivity contribution in [2.45, 2.75) is 18.6 Å². The highest BCUT2D eigenvalue weighted by atomic mass is 79.9. The van der Waals surface area contributed by atoms with Crippen molar-refractivity contribution in [3.05, 3.63) is 24.0 Å². The van der Waals surface area contributed by atoms with Crippen molar-refractivity contribution < 1.29 is 10.2 Å². The summed E-state index contributed by atoms with van der Waals surface area (Å²) in [7, 11) is 0. The lowest BCUT2D eigenvalue weighted by molar-refractivity contribution is 0.0148. The summed E-state index contributed by atoms with van der Waals surface area (Å²) in [4.78, 5) is 3.93. The highest BCUT2D eigenvalue weighted by Crippen LogP contribution is 2.17. The van der Waals surface area contributed by atoms with Gasteiger partial charge in [-0.2, -0.15) is 0 Å². The normalized spacial score (nSPS) is 15.1. The SMILES string of the molecule is Nc1ccc(C(O)C(O)CCBr)nc1. The molecular weight excluding hydrogens is 248 g/mol. The summed E-state index contributed by atoms with van der Waals surface area (Å²) in [5.41, 5.74) is 6.42. The summed E-state index contributed by atoms with van der Waals surface area (Å²) < 4.78 is 0. The van der Waals surface area contributed by atoms with Crippen LogP contribution >= 0.6 is 15.9 Å². The number of nitrogens with two attached hydrogens (primary N) is 1. The van der Waals surface area contributed by atoms with Crippen LogP contribution in [0.2, 0.25) is 0 Å². The summed E-state index contributed by atoms with van der Waals surface area (Å²) in [6, 6.07) is 3.25. The lowest BCUT2D eigenvalue weighted by Gasteiger charge is -2.16. The second-order valence-corrected chi connectivity index (χ2v) is 3.80. The number of nitrogen functional groups attached to an aromatic ring is 1. The molecule has 1 aromatic heterocycles. The molecule has 4 N–H and O–H groups in total. The first-order valence-corrected chi connectivity index (χ1v) is 5.41. The van der Waals surface area contributed by atoms with Gasteiger partial charge in [-0.3, -0.25) is 4.98 Å². The molecule has 0 amide bonds. The average Bonchev–Trinajstić information content (AvgIpc) is 2.18. The van der Waals surface area contributed by atoms with E-state index in [1.807, 2.05) is 0 Å². The minimum atomic E-state index is -0.951. The Kier molecular flexibility index (Phi) is 4.31. The first kappa shape index (κ1) is 11.4. The largest absolute Gasteiger partial charge is 0.397 e. The van der Waals surface area contributed by atoms with Gasteiger partial charge in [-0.05, 0) is 18.6 Å². The molecule has 0 bridgehead atoms. The van der Waals surface area contributed by atoms with Gasteiger partial charge in [0.05, 0.1) is 23.7 Å². The standard InChI is InChI=1S/C9H13BrN2O2/c10-4-3-8(13)9(14)7-2-1-6(11)5-12-7/h1-2,5,8-9,13-14H,3-4,11H2. The van der Waals surface area contributed by atoms with Crippen molar-refractivity contribution in [3.63, 3.8) is 0 Å². The molecule has 4 nitrogen and oxygen atoms in total. The van der Waals surface area contributed by atoms with E-state index in [1.54, 1.807) is 12.1 Å². The summed E-state index contributed by atoms with van der Waals surface area (Å²) in [5, 5.41) is 19.8. The van der Waals surface area contributed by atoms with Gasteiger partial charge >= 0.3 is 0 Å². The molecule has 5 heteroatoms. The van der Waals surface area contributed by atoms with Crippen molar-refractivity contribution in [2.24, 2.45) is 0 Å². The second kappa shape index (κ2) is 5.29. The first-order valence-electron chi connectivity index (χ1n) is 4.28. The van der Waals surface area contributed by atoms with Crippen molar-refractivity contribution in [1.82, 2.24) is 4.98 Å². The van der Waals surface area contributed by atoms with E-state index in [0.717, 1.165) is 0 Å². The molecule has 0 radical (unpaired) electrons. The van der Waals surface area contributed by atoms with Gasteiger partial charge in [-0.25, -0.2) is 0 Å². The van der Waals surface area contributed by atoms with E-state index in [0.29, 0.717) is 23.1 Å². The number of halogens is 1. The number of anilines is 1. The Morgan fingerprint density at radius 2 is 2.14 bits per heavy atom. The number of hydrogen-bond donors (Lipinski definition) is 3. The van der Waals surface area contributed by atoms with Gasteiger partial charge in [0.25, 0.3) is 0 Å². The highest BCUT2D eigenvalue weighted by molar-refractivity contribution is 9.09. The Hall–Kier alpha value is -0.650. The molecular formula is C9H13BrN2O2. The van der Waals surface area contributed by atoms with E-state index in [9.17, 15) is 10.2 Å². The molecule has 2 unspecified atom stereocenters. The van der Waals surface area contributed by atoms with Gasteiger partial charge in [0.15, 0.2) is 0 Å². The maximum Gasteiger partial charge on any atom is 0.122 e. The Morgan fingerprint density at radius 3 is 2.64 bits per heavy atom. The van der Waals surface area contributed by atoms with Crippen LogP contribution in [-0.4, -0.2) is 26.6 Å².